The second-order valence-electron chi connectivity index (χ2n) is 14.4. The summed E-state index contributed by atoms with van der Waals surface area (Å²) in [6.07, 6.45) is 5.29. The Hall–Kier alpha value is -0.150. The molecule has 0 N–H and O–H groups in total. The molecule has 2 heterocycles. The van der Waals surface area contributed by atoms with Crippen LogP contribution in [0, 0.1) is 16.2 Å². The summed E-state index contributed by atoms with van der Waals surface area (Å²) in [4.78, 5) is 5.35. The number of hydrogen-bond acceptors (Lipinski definition) is 2. The van der Waals surface area contributed by atoms with Gasteiger partial charge >= 0.3 is 0 Å². The molecule has 4 atom stereocenters. The molecule has 0 aromatic carbocycles. The summed E-state index contributed by atoms with van der Waals surface area (Å²) in [7, 11) is 0. The molecule has 2 saturated heterocycles. The van der Waals surface area contributed by atoms with Crippen LogP contribution in [0.5, 0.6) is 0 Å². The molecule has 3 aliphatic rings. The Kier molecular flexibility index (Phi) is 5.61. The largest absolute Gasteiger partial charge is 0.292 e. The second-order valence-corrected chi connectivity index (χ2v) is 14.4. The van der Waals surface area contributed by atoms with E-state index in [2.05, 4.69) is 86.0 Å². The van der Waals surface area contributed by atoms with Crippen LogP contribution in [0.4, 0.5) is 4.39 Å². The summed E-state index contributed by atoms with van der Waals surface area (Å²) >= 11 is 0. The Morgan fingerprint density at radius 2 is 1.41 bits per heavy atom. The lowest BCUT2D eigenvalue weighted by Gasteiger charge is -2.50. The lowest BCUT2D eigenvalue weighted by atomic mass is 9.75. The fourth-order valence-corrected chi connectivity index (χ4v) is 7.27. The minimum Gasteiger partial charge on any atom is -0.292 e. The summed E-state index contributed by atoms with van der Waals surface area (Å²) in [6, 6.07) is 1.56. The topological polar surface area (TPSA) is 6.48 Å². The molecule has 29 heavy (non-hydrogen) atoms. The monoisotopic (exact) mass is 408 g/mol. The zero-order valence-electron chi connectivity index (χ0n) is 21.3. The highest BCUT2D eigenvalue weighted by Gasteiger charge is 2.64. The van der Waals surface area contributed by atoms with E-state index in [0.29, 0.717) is 36.5 Å². The lowest BCUT2D eigenvalue weighted by molar-refractivity contribution is -0.0183. The summed E-state index contributed by atoms with van der Waals surface area (Å²) in [5.41, 5.74) is 1.09. The first-order valence-corrected chi connectivity index (χ1v) is 12.1. The van der Waals surface area contributed by atoms with Gasteiger partial charge in [0, 0.05) is 35.7 Å². The molecule has 4 unspecified atom stereocenters. The molecule has 2 aliphatic heterocycles. The van der Waals surface area contributed by atoms with Crippen molar-refractivity contribution in [3.05, 3.63) is 0 Å². The normalized spacial score (nSPS) is 34.3. The first kappa shape index (κ1) is 23.5. The van der Waals surface area contributed by atoms with Crippen LogP contribution in [-0.4, -0.2) is 51.7 Å². The summed E-state index contributed by atoms with van der Waals surface area (Å²) < 4.78 is 14.6. The number of hydrogen-bond donors (Lipinski definition) is 0. The standard InChI is InChI=1S/C26H49FN2/c1-22(2,3)21-26(12-13-26)16-19(29(21)24(7,8)9)15-25(10,11)20-14-18(27)17-28(20)23(4,5)6/h18-21H,12-17H2,1-11H3. The van der Waals surface area contributed by atoms with Crippen LogP contribution in [0.2, 0.25) is 0 Å². The molecule has 0 radical (unpaired) electrons. The maximum absolute atomic E-state index is 14.6. The van der Waals surface area contributed by atoms with Gasteiger partial charge < -0.3 is 0 Å². The Morgan fingerprint density at radius 1 is 0.862 bits per heavy atom. The zero-order chi connectivity index (χ0) is 22.2. The van der Waals surface area contributed by atoms with Gasteiger partial charge in [-0.1, -0.05) is 34.6 Å². The SMILES string of the molecule is CC(C)(C)C1N(C(C)(C)C)C(CC(C)(C)C2CC(F)CN2C(C)(C)C)CC12CC2. The van der Waals surface area contributed by atoms with Crippen molar-refractivity contribution < 1.29 is 4.39 Å². The average Bonchev–Trinajstić information content (AvgIpc) is 2.96. The van der Waals surface area contributed by atoms with E-state index in [1.807, 2.05) is 0 Å². The van der Waals surface area contributed by atoms with Gasteiger partial charge in [0.15, 0.2) is 0 Å². The fraction of sp³-hybridized carbons (Fsp3) is 1.00. The predicted octanol–water partition coefficient (Wildman–Crippen LogP) is 6.68. The molecule has 3 fully saturated rings. The number of likely N-dealkylation sites (tertiary alicyclic amines) is 2. The van der Waals surface area contributed by atoms with E-state index in [-0.39, 0.29) is 21.9 Å². The van der Waals surface area contributed by atoms with Crippen LogP contribution in [0.3, 0.4) is 0 Å². The Morgan fingerprint density at radius 3 is 1.83 bits per heavy atom. The molecular formula is C26H49FN2. The number of alkyl halides is 1. The maximum atomic E-state index is 14.6. The minimum atomic E-state index is -0.683. The number of rotatable bonds is 3. The van der Waals surface area contributed by atoms with E-state index in [0.717, 1.165) is 0 Å². The zero-order valence-corrected chi connectivity index (χ0v) is 21.3. The van der Waals surface area contributed by atoms with E-state index in [1.165, 1.54) is 25.7 Å². The molecule has 1 spiro atoms. The van der Waals surface area contributed by atoms with Crippen molar-refractivity contribution in [2.75, 3.05) is 6.54 Å². The van der Waals surface area contributed by atoms with Crippen LogP contribution in [0.15, 0.2) is 0 Å². The summed E-state index contributed by atoms with van der Waals surface area (Å²) in [5, 5.41) is 0. The lowest BCUT2D eigenvalue weighted by Crippen LogP contribution is -2.57. The van der Waals surface area contributed by atoms with Crippen molar-refractivity contribution >= 4 is 0 Å². The number of nitrogens with zero attached hydrogens (tertiary/aromatic N) is 2. The van der Waals surface area contributed by atoms with E-state index in [9.17, 15) is 4.39 Å². The van der Waals surface area contributed by atoms with Gasteiger partial charge in [-0.2, -0.15) is 0 Å². The smallest absolute Gasteiger partial charge is 0.114 e. The van der Waals surface area contributed by atoms with E-state index < -0.39 is 6.17 Å². The van der Waals surface area contributed by atoms with Gasteiger partial charge in [-0.05, 0) is 89.9 Å². The van der Waals surface area contributed by atoms with Gasteiger partial charge in [0.1, 0.15) is 6.17 Å². The average molecular weight is 409 g/mol. The highest BCUT2D eigenvalue weighted by Crippen LogP contribution is 2.65. The molecule has 0 aromatic rings. The van der Waals surface area contributed by atoms with Gasteiger partial charge in [0.25, 0.3) is 0 Å². The van der Waals surface area contributed by atoms with Gasteiger partial charge in [-0.3, -0.25) is 9.80 Å². The molecule has 0 bridgehead atoms. The third-order valence-electron chi connectivity index (χ3n) is 8.16. The Labute approximate surface area is 181 Å². The van der Waals surface area contributed by atoms with Crippen molar-refractivity contribution in [2.24, 2.45) is 16.2 Å². The summed E-state index contributed by atoms with van der Waals surface area (Å²) in [6.45, 7) is 26.7. The Bertz CT molecular complexity index is 600. The fourth-order valence-electron chi connectivity index (χ4n) is 7.27. The molecule has 0 aromatic heterocycles. The van der Waals surface area contributed by atoms with Crippen molar-refractivity contribution in [3.8, 4) is 0 Å². The van der Waals surface area contributed by atoms with Crippen LogP contribution < -0.4 is 0 Å². The van der Waals surface area contributed by atoms with E-state index >= 15 is 0 Å². The van der Waals surface area contributed by atoms with Crippen LogP contribution >= 0.6 is 0 Å². The molecule has 0 amide bonds. The summed E-state index contributed by atoms with van der Waals surface area (Å²) in [5.74, 6) is 0. The molecular weight excluding hydrogens is 359 g/mol. The van der Waals surface area contributed by atoms with Crippen LogP contribution in [0.1, 0.15) is 108 Å². The van der Waals surface area contributed by atoms with Gasteiger partial charge in [-0.25, -0.2) is 4.39 Å². The van der Waals surface area contributed by atoms with Crippen LogP contribution in [0.25, 0.3) is 0 Å². The second kappa shape index (κ2) is 6.92. The molecule has 2 nitrogen and oxygen atoms in total. The maximum Gasteiger partial charge on any atom is 0.114 e. The molecule has 170 valence electrons. The molecule has 1 aliphatic carbocycles. The highest BCUT2D eigenvalue weighted by atomic mass is 19.1. The molecule has 3 heteroatoms. The molecule has 1 saturated carbocycles. The van der Waals surface area contributed by atoms with E-state index in [1.54, 1.807) is 0 Å². The third-order valence-corrected chi connectivity index (χ3v) is 8.16. The van der Waals surface area contributed by atoms with Crippen molar-refractivity contribution in [1.29, 1.82) is 0 Å². The van der Waals surface area contributed by atoms with Crippen molar-refractivity contribution in [1.82, 2.24) is 9.80 Å². The first-order chi connectivity index (χ1) is 12.9. The van der Waals surface area contributed by atoms with Crippen LogP contribution in [-0.2, 0) is 0 Å². The van der Waals surface area contributed by atoms with Crippen molar-refractivity contribution in [2.45, 2.75) is 144 Å². The third kappa shape index (κ3) is 4.43. The van der Waals surface area contributed by atoms with Gasteiger partial charge in [0.2, 0.25) is 0 Å². The minimum absolute atomic E-state index is 0.0217. The quantitative estimate of drug-likeness (QED) is 0.514. The van der Waals surface area contributed by atoms with Crippen molar-refractivity contribution in [3.63, 3.8) is 0 Å². The number of halogens is 1. The van der Waals surface area contributed by atoms with Gasteiger partial charge in [-0.15, -0.1) is 0 Å². The molecule has 3 rings (SSSR count). The Balaban J connectivity index is 1.89. The highest BCUT2D eigenvalue weighted by molar-refractivity contribution is 5.17. The first-order valence-electron chi connectivity index (χ1n) is 12.1. The van der Waals surface area contributed by atoms with Gasteiger partial charge in [0.05, 0.1) is 0 Å². The predicted molar refractivity (Wildman–Crippen MR) is 123 cm³/mol. The van der Waals surface area contributed by atoms with E-state index in [4.69, 9.17) is 0 Å².